The minimum Gasteiger partial charge on any atom is -0.462 e. The number of esters is 1. The SMILES string of the molecule is CCOC(=O)C(=CN(C)C)C(=O)c1ccccc1F. The number of ether oxygens (including phenoxy) is 1. The maximum atomic E-state index is 13.6. The Balaban J connectivity index is 3.16. The van der Waals surface area contributed by atoms with Gasteiger partial charge in [0.2, 0.25) is 5.78 Å². The Bertz CT molecular complexity index is 509. The van der Waals surface area contributed by atoms with E-state index in [2.05, 4.69) is 0 Å². The lowest BCUT2D eigenvalue weighted by Gasteiger charge is -2.11. The van der Waals surface area contributed by atoms with Gasteiger partial charge in [-0.25, -0.2) is 9.18 Å². The molecule has 19 heavy (non-hydrogen) atoms. The molecule has 0 amide bonds. The molecule has 1 rings (SSSR count). The minimum absolute atomic E-state index is 0.147. The number of hydrogen-bond acceptors (Lipinski definition) is 4. The quantitative estimate of drug-likeness (QED) is 0.269. The van der Waals surface area contributed by atoms with Crippen LogP contribution in [0.1, 0.15) is 17.3 Å². The molecule has 0 aliphatic rings. The molecule has 0 N–H and O–H groups in total. The summed E-state index contributed by atoms with van der Waals surface area (Å²) in [5, 5.41) is 0. The molecule has 0 spiro atoms. The monoisotopic (exact) mass is 265 g/mol. The van der Waals surface area contributed by atoms with Gasteiger partial charge < -0.3 is 9.64 Å². The smallest absolute Gasteiger partial charge is 0.343 e. The molecule has 0 fully saturated rings. The van der Waals surface area contributed by atoms with Crippen molar-refractivity contribution in [3.63, 3.8) is 0 Å². The first-order valence-corrected chi connectivity index (χ1v) is 5.82. The molecule has 0 heterocycles. The van der Waals surface area contributed by atoms with Crippen LogP contribution in [0.3, 0.4) is 0 Å². The van der Waals surface area contributed by atoms with Gasteiger partial charge in [-0.15, -0.1) is 0 Å². The third-order valence-electron chi connectivity index (χ3n) is 2.25. The third-order valence-corrected chi connectivity index (χ3v) is 2.25. The molecule has 0 unspecified atom stereocenters. The number of carbonyl (C=O) groups is 2. The highest BCUT2D eigenvalue weighted by atomic mass is 19.1. The second-order valence-electron chi connectivity index (χ2n) is 4.04. The topological polar surface area (TPSA) is 46.6 Å². The molecule has 0 saturated heterocycles. The normalized spacial score (nSPS) is 11.1. The zero-order valence-electron chi connectivity index (χ0n) is 11.1. The molecule has 0 saturated carbocycles. The van der Waals surface area contributed by atoms with Crippen LogP contribution in [0, 0.1) is 5.82 Å². The summed E-state index contributed by atoms with van der Waals surface area (Å²) in [5.74, 6) is -2.11. The van der Waals surface area contributed by atoms with Crippen LogP contribution < -0.4 is 0 Å². The van der Waals surface area contributed by atoms with Crippen molar-refractivity contribution in [1.29, 1.82) is 0 Å². The average Bonchev–Trinajstić information content (AvgIpc) is 2.36. The number of hydrogen-bond donors (Lipinski definition) is 0. The van der Waals surface area contributed by atoms with Crippen molar-refractivity contribution in [3.05, 3.63) is 47.4 Å². The van der Waals surface area contributed by atoms with Crippen molar-refractivity contribution in [1.82, 2.24) is 4.90 Å². The lowest BCUT2D eigenvalue weighted by Crippen LogP contribution is -2.20. The first-order chi connectivity index (χ1) is 8.97. The van der Waals surface area contributed by atoms with Gasteiger partial charge in [0.1, 0.15) is 11.4 Å². The van der Waals surface area contributed by atoms with Crippen molar-refractivity contribution >= 4 is 11.8 Å². The van der Waals surface area contributed by atoms with Crippen LogP contribution in [0.25, 0.3) is 0 Å². The molecular weight excluding hydrogens is 249 g/mol. The van der Waals surface area contributed by atoms with Gasteiger partial charge in [0.05, 0.1) is 12.2 Å². The van der Waals surface area contributed by atoms with Gasteiger partial charge in [-0.05, 0) is 19.1 Å². The number of Topliss-reactive ketones (excluding diaryl/α,β-unsaturated/α-hetero) is 1. The molecule has 0 bridgehead atoms. The first-order valence-electron chi connectivity index (χ1n) is 5.82. The van der Waals surface area contributed by atoms with E-state index in [0.29, 0.717) is 0 Å². The Kier molecular flexibility index (Phi) is 5.23. The number of rotatable bonds is 5. The predicted molar refractivity (Wildman–Crippen MR) is 69.1 cm³/mol. The maximum Gasteiger partial charge on any atom is 0.343 e. The van der Waals surface area contributed by atoms with Gasteiger partial charge >= 0.3 is 5.97 Å². The number of benzene rings is 1. The van der Waals surface area contributed by atoms with Gasteiger partial charge in [-0.3, -0.25) is 4.79 Å². The van der Waals surface area contributed by atoms with E-state index in [4.69, 9.17) is 4.74 Å². The molecule has 5 heteroatoms. The standard InChI is InChI=1S/C14H16FNO3/c1-4-19-14(18)11(9-16(2)3)13(17)10-7-5-6-8-12(10)15/h5-9H,4H2,1-3H3. The lowest BCUT2D eigenvalue weighted by atomic mass is 10.0. The Morgan fingerprint density at radius 1 is 1.32 bits per heavy atom. The Morgan fingerprint density at radius 2 is 1.95 bits per heavy atom. The van der Waals surface area contributed by atoms with Crippen molar-refractivity contribution in [2.45, 2.75) is 6.92 Å². The molecule has 0 aromatic heterocycles. The highest BCUT2D eigenvalue weighted by Gasteiger charge is 2.23. The van der Waals surface area contributed by atoms with E-state index in [0.717, 1.165) is 0 Å². The van der Waals surface area contributed by atoms with Gasteiger partial charge in [0.25, 0.3) is 0 Å². The van der Waals surface area contributed by atoms with E-state index in [1.54, 1.807) is 21.0 Å². The van der Waals surface area contributed by atoms with Crippen LogP contribution in [0.4, 0.5) is 4.39 Å². The van der Waals surface area contributed by atoms with Crippen LogP contribution in [0.5, 0.6) is 0 Å². The molecule has 1 aromatic carbocycles. The summed E-state index contributed by atoms with van der Waals surface area (Å²) < 4.78 is 18.4. The Hall–Kier alpha value is -2.17. The van der Waals surface area contributed by atoms with Gasteiger partial charge in [0.15, 0.2) is 0 Å². The number of halogens is 1. The van der Waals surface area contributed by atoms with Crippen molar-refractivity contribution < 1.29 is 18.7 Å². The zero-order chi connectivity index (χ0) is 14.4. The highest BCUT2D eigenvalue weighted by Crippen LogP contribution is 2.14. The summed E-state index contributed by atoms with van der Waals surface area (Å²) >= 11 is 0. The van der Waals surface area contributed by atoms with E-state index in [-0.39, 0.29) is 17.7 Å². The largest absolute Gasteiger partial charge is 0.462 e. The molecule has 102 valence electrons. The molecule has 0 aliphatic carbocycles. The van der Waals surface area contributed by atoms with Crippen LogP contribution in [-0.2, 0) is 9.53 Å². The highest BCUT2D eigenvalue weighted by molar-refractivity contribution is 6.24. The molecule has 0 radical (unpaired) electrons. The van der Waals surface area contributed by atoms with E-state index < -0.39 is 17.6 Å². The van der Waals surface area contributed by atoms with E-state index in [1.807, 2.05) is 0 Å². The summed E-state index contributed by atoms with van der Waals surface area (Å²) in [7, 11) is 3.32. The van der Waals surface area contributed by atoms with Crippen LogP contribution >= 0.6 is 0 Å². The zero-order valence-corrected chi connectivity index (χ0v) is 11.1. The lowest BCUT2D eigenvalue weighted by molar-refractivity contribution is -0.138. The minimum atomic E-state index is -0.760. The van der Waals surface area contributed by atoms with Crippen LogP contribution in [-0.4, -0.2) is 37.4 Å². The molecule has 1 aromatic rings. The summed E-state index contributed by atoms with van der Waals surface area (Å²) in [6.45, 7) is 1.78. The van der Waals surface area contributed by atoms with Crippen molar-refractivity contribution in [2.75, 3.05) is 20.7 Å². The summed E-state index contributed by atoms with van der Waals surface area (Å²) in [5.41, 5.74) is -0.347. The van der Waals surface area contributed by atoms with E-state index >= 15 is 0 Å². The maximum absolute atomic E-state index is 13.6. The van der Waals surface area contributed by atoms with Gasteiger partial charge in [0, 0.05) is 20.3 Å². The first kappa shape index (κ1) is 14.9. The Morgan fingerprint density at radius 3 is 2.47 bits per heavy atom. The summed E-state index contributed by atoms with van der Waals surface area (Å²) in [6, 6.07) is 5.52. The second-order valence-corrected chi connectivity index (χ2v) is 4.04. The van der Waals surface area contributed by atoms with Crippen molar-refractivity contribution in [3.8, 4) is 0 Å². The Labute approximate surface area is 111 Å². The molecular formula is C14H16FNO3. The number of ketones is 1. The number of nitrogens with zero attached hydrogens (tertiary/aromatic N) is 1. The van der Waals surface area contributed by atoms with E-state index in [9.17, 15) is 14.0 Å². The second kappa shape index (κ2) is 6.68. The van der Waals surface area contributed by atoms with Gasteiger partial charge in [-0.2, -0.15) is 0 Å². The fraction of sp³-hybridized carbons (Fsp3) is 0.286. The fourth-order valence-electron chi connectivity index (χ4n) is 1.46. The van der Waals surface area contributed by atoms with Crippen molar-refractivity contribution in [2.24, 2.45) is 0 Å². The van der Waals surface area contributed by atoms with Crippen LogP contribution in [0.15, 0.2) is 36.0 Å². The average molecular weight is 265 g/mol. The fourth-order valence-corrected chi connectivity index (χ4v) is 1.46. The van der Waals surface area contributed by atoms with Crippen LogP contribution in [0.2, 0.25) is 0 Å². The molecule has 4 nitrogen and oxygen atoms in total. The predicted octanol–water partition coefficient (Wildman–Crippen LogP) is 2.02. The molecule has 0 atom stereocenters. The molecule has 0 aliphatic heterocycles. The third kappa shape index (κ3) is 3.91. The summed E-state index contributed by atoms with van der Waals surface area (Å²) in [6.07, 6.45) is 1.33. The van der Waals surface area contributed by atoms with Gasteiger partial charge in [-0.1, -0.05) is 12.1 Å². The summed E-state index contributed by atoms with van der Waals surface area (Å²) in [4.78, 5) is 25.5. The van der Waals surface area contributed by atoms with E-state index in [1.165, 1.54) is 35.4 Å². The number of carbonyl (C=O) groups excluding carboxylic acids is 2.